The molecule has 0 fully saturated rings. The lowest BCUT2D eigenvalue weighted by Gasteiger charge is -2.01. The van der Waals surface area contributed by atoms with Crippen molar-refractivity contribution in [3.05, 3.63) is 40.1 Å². The fraction of sp³-hybridized carbons (Fsp3) is 0.182. The summed E-state index contributed by atoms with van der Waals surface area (Å²) in [6.07, 6.45) is 1.96. The molecular formula is C11H10FN3OS2. The molecule has 1 amide bonds. The first-order chi connectivity index (χ1) is 8.69. The minimum atomic E-state index is -0.342. The van der Waals surface area contributed by atoms with Crippen molar-refractivity contribution in [2.45, 2.75) is 5.75 Å². The largest absolute Gasteiger partial charge is 0.320 e. The molecule has 0 radical (unpaired) electrons. The van der Waals surface area contributed by atoms with Gasteiger partial charge in [-0.25, -0.2) is 4.39 Å². The van der Waals surface area contributed by atoms with Crippen molar-refractivity contribution in [1.29, 1.82) is 0 Å². The summed E-state index contributed by atoms with van der Waals surface area (Å²) >= 11 is 2.88. The molecule has 0 unspecified atom stereocenters. The van der Waals surface area contributed by atoms with E-state index in [1.807, 2.05) is 6.26 Å². The number of carbonyl (C=O) groups excluding carboxylic acids is 1. The highest BCUT2D eigenvalue weighted by Crippen LogP contribution is 2.16. The quantitative estimate of drug-likeness (QED) is 0.937. The number of aromatic nitrogens is 2. The fourth-order valence-corrected chi connectivity index (χ4v) is 2.67. The van der Waals surface area contributed by atoms with Crippen molar-refractivity contribution in [3.8, 4) is 0 Å². The molecule has 94 valence electrons. The highest BCUT2D eigenvalue weighted by molar-refractivity contribution is 7.97. The molecular weight excluding hydrogens is 273 g/mol. The van der Waals surface area contributed by atoms with Gasteiger partial charge in [-0.2, -0.15) is 11.8 Å². The molecule has 1 aromatic heterocycles. The van der Waals surface area contributed by atoms with Crippen LogP contribution in [0.5, 0.6) is 0 Å². The van der Waals surface area contributed by atoms with Crippen LogP contribution in [0.1, 0.15) is 14.8 Å². The van der Waals surface area contributed by atoms with E-state index in [0.29, 0.717) is 10.7 Å². The number of rotatable bonds is 4. The number of carbonyl (C=O) groups is 1. The van der Waals surface area contributed by atoms with E-state index in [0.717, 1.165) is 10.8 Å². The van der Waals surface area contributed by atoms with Gasteiger partial charge in [0.15, 0.2) is 0 Å². The molecule has 2 aromatic rings. The molecule has 0 aliphatic carbocycles. The number of amides is 1. The van der Waals surface area contributed by atoms with Crippen molar-refractivity contribution in [3.63, 3.8) is 0 Å². The Morgan fingerprint density at radius 2 is 2.11 bits per heavy atom. The number of halogens is 1. The molecule has 7 heteroatoms. The molecule has 0 bridgehead atoms. The smallest absolute Gasteiger partial charge is 0.286 e. The minimum Gasteiger partial charge on any atom is -0.320 e. The Balaban J connectivity index is 2.04. The van der Waals surface area contributed by atoms with Crippen LogP contribution in [0.15, 0.2) is 24.3 Å². The first-order valence-corrected chi connectivity index (χ1v) is 7.28. The van der Waals surface area contributed by atoms with E-state index in [1.54, 1.807) is 11.8 Å². The Morgan fingerprint density at radius 3 is 2.78 bits per heavy atom. The number of benzene rings is 1. The summed E-state index contributed by atoms with van der Waals surface area (Å²) in [4.78, 5) is 11.8. The Hall–Kier alpha value is -1.47. The number of nitrogens with zero attached hydrogens (tertiary/aromatic N) is 2. The normalized spacial score (nSPS) is 10.3. The zero-order chi connectivity index (χ0) is 13.0. The summed E-state index contributed by atoms with van der Waals surface area (Å²) in [6, 6.07) is 5.57. The summed E-state index contributed by atoms with van der Waals surface area (Å²) in [6.45, 7) is 0. The molecule has 0 saturated heterocycles. The van der Waals surface area contributed by atoms with E-state index < -0.39 is 0 Å². The van der Waals surface area contributed by atoms with E-state index in [2.05, 4.69) is 15.5 Å². The Bertz CT molecular complexity index is 541. The molecule has 1 N–H and O–H groups in total. The molecule has 1 aromatic carbocycles. The maximum Gasteiger partial charge on any atom is 0.286 e. The van der Waals surface area contributed by atoms with Gasteiger partial charge >= 0.3 is 0 Å². The number of hydrogen-bond acceptors (Lipinski definition) is 5. The molecule has 2 rings (SSSR count). The lowest BCUT2D eigenvalue weighted by Crippen LogP contribution is -2.11. The van der Waals surface area contributed by atoms with Crippen LogP contribution in [0.2, 0.25) is 0 Å². The van der Waals surface area contributed by atoms with Gasteiger partial charge in [-0.1, -0.05) is 11.3 Å². The summed E-state index contributed by atoms with van der Waals surface area (Å²) < 4.78 is 12.7. The number of anilines is 1. The van der Waals surface area contributed by atoms with Crippen LogP contribution in [0.25, 0.3) is 0 Å². The molecule has 0 atom stereocenters. The van der Waals surface area contributed by atoms with Gasteiger partial charge in [-0.15, -0.1) is 10.2 Å². The third kappa shape index (κ3) is 3.27. The Kier molecular flexibility index (Phi) is 4.27. The average molecular weight is 283 g/mol. The highest BCUT2D eigenvalue weighted by atomic mass is 32.2. The first kappa shape index (κ1) is 13.0. The monoisotopic (exact) mass is 283 g/mol. The van der Waals surface area contributed by atoms with E-state index in [1.165, 1.54) is 35.6 Å². The fourth-order valence-electron chi connectivity index (χ4n) is 1.24. The zero-order valence-corrected chi connectivity index (χ0v) is 11.1. The standard InChI is InChI=1S/C11H10FN3OS2/c1-17-6-9-14-15-11(18-9)10(16)13-8-4-2-7(12)3-5-8/h2-5H,6H2,1H3,(H,13,16). The van der Waals surface area contributed by atoms with Gasteiger partial charge in [-0.3, -0.25) is 4.79 Å². The number of hydrogen-bond donors (Lipinski definition) is 1. The number of nitrogens with one attached hydrogen (secondary N) is 1. The van der Waals surface area contributed by atoms with Crippen LogP contribution in [-0.4, -0.2) is 22.4 Å². The van der Waals surface area contributed by atoms with Gasteiger partial charge in [0.05, 0.1) is 0 Å². The van der Waals surface area contributed by atoms with Gasteiger partial charge in [-0.05, 0) is 30.5 Å². The van der Waals surface area contributed by atoms with Gasteiger partial charge < -0.3 is 5.32 Å². The SMILES string of the molecule is CSCc1nnc(C(=O)Nc2ccc(F)cc2)s1. The van der Waals surface area contributed by atoms with Crippen molar-refractivity contribution < 1.29 is 9.18 Å². The Morgan fingerprint density at radius 1 is 1.39 bits per heavy atom. The molecule has 0 spiro atoms. The predicted molar refractivity (Wildman–Crippen MR) is 71.5 cm³/mol. The Labute approximate surface area is 112 Å². The number of thioether (sulfide) groups is 1. The van der Waals surface area contributed by atoms with Gasteiger partial charge in [0.25, 0.3) is 5.91 Å². The second-order valence-corrected chi connectivity index (χ2v) is 5.32. The van der Waals surface area contributed by atoms with Crippen LogP contribution in [0, 0.1) is 5.82 Å². The molecule has 0 saturated carbocycles. The second-order valence-electron chi connectivity index (χ2n) is 3.39. The average Bonchev–Trinajstić information content (AvgIpc) is 2.81. The maximum absolute atomic E-state index is 12.7. The van der Waals surface area contributed by atoms with Crippen molar-refractivity contribution in [1.82, 2.24) is 10.2 Å². The summed E-state index contributed by atoms with van der Waals surface area (Å²) in [5.41, 5.74) is 0.531. The van der Waals surface area contributed by atoms with Crippen LogP contribution in [0.4, 0.5) is 10.1 Å². The zero-order valence-electron chi connectivity index (χ0n) is 9.51. The van der Waals surface area contributed by atoms with Crippen LogP contribution < -0.4 is 5.32 Å². The maximum atomic E-state index is 12.7. The lowest BCUT2D eigenvalue weighted by atomic mass is 10.3. The topological polar surface area (TPSA) is 54.9 Å². The minimum absolute atomic E-state index is 0.309. The predicted octanol–water partition coefficient (Wildman–Crippen LogP) is 2.79. The molecule has 4 nitrogen and oxygen atoms in total. The third-order valence-corrected chi connectivity index (χ3v) is 3.70. The highest BCUT2D eigenvalue weighted by Gasteiger charge is 2.12. The first-order valence-electron chi connectivity index (χ1n) is 5.07. The molecule has 18 heavy (non-hydrogen) atoms. The van der Waals surface area contributed by atoms with E-state index in [-0.39, 0.29) is 11.7 Å². The van der Waals surface area contributed by atoms with E-state index in [4.69, 9.17) is 0 Å². The summed E-state index contributed by atoms with van der Waals surface area (Å²) in [5, 5.41) is 11.5. The van der Waals surface area contributed by atoms with Crippen LogP contribution in [-0.2, 0) is 5.75 Å². The van der Waals surface area contributed by atoms with Gasteiger partial charge in [0.1, 0.15) is 10.8 Å². The van der Waals surface area contributed by atoms with Crippen molar-refractivity contribution >= 4 is 34.7 Å². The van der Waals surface area contributed by atoms with Crippen molar-refractivity contribution in [2.75, 3.05) is 11.6 Å². The van der Waals surface area contributed by atoms with Gasteiger partial charge in [0.2, 0.25) is 5.01 Å². The van der Waals surface area contributed by atoms with Crippen LogP contribution >= 0.6 is 23.1 Å². The summed E-state index contributed by atoms with van der Waals surface area (Å²) in [7, 11) is 0. The summed E-state index contributed by atoms with van der Waals surface area (Å²) in [5.74, 6) is 0.0687. The van der Waals surface area contributed by atoms with E-state index in [9.17, 15) is 9.18 Å². The third-order valence-electron chi connectivity index (χ3n) is 2.03. The molecule has 1 heterocycles. The van der Waals surface area contributed by atoms with Gasteiger partial charge in [0, 0.05) is 11.4 Å². The molecule has 0 aliphatic heterocycles. The second kappa shape index (κ2) is 5.92. The lowest BCUT2D eigenvalue weighted by molar-refractivity contribution is 0.102. The van der Waals surface area contributed by atoms with Crippen molar-refractivity contribution in [2.24, 2.45) is 0 Å². The van der Waals surface area contributed by atoms with Crippen LogP contribution in [0.3, 0.4) is 0 Å². The van der Waals surface area contributed by atoms with E-state index >= 15 is 0 Å². The molecule has 0 aliphatic rings.